The van der Waals surface area contributed by atoms with Crippen LogP contribution in [0.15, 0.2) is 68.4 Å². The van der Waals surface area contributed by atoms with E-state index in [1.165, 1.54) is 0 Å². The molecule has 2 atom stereocenters. The van der Waals surface area contributed by atoms with Crippen LogP contribution in [0.2, 0.25) is 0 Å². The third kappa shape index (κ3) is 4.19. The van der Waals surface area contributed by atoms with Crippen molar-refractivity contribution >= 4 is 20.8 Å². The van der Waals surface area contributed by atoms with Crippen LogP contribution in [-0.4, -0.2) is 41.2 Å². The highest BCUT2D eigenvalue weighted by Gasteiger charge is 2.36. The average Bonchev–Trinajstić information content (AvgIpc) is 3.46. The van der Waals surface area contributed by atoms with Crippen molar-refractivity contribution in [1.29, 1.82) is 0 Å². The number of rotatable bonds is 6. The fourth-order valence-electron chi connectivity index (χ4n) is 4.09. The molecule has 0 bridgehead atoms. The molecular formula is C23H23N3O5S. The highest BCUT2D eigenvalue weighted by Crippen LogP contribution is 2.33. The molecule has 1 aliphatic heterocycles. The maximum absolute atomic E-state index is 12.7. The number of aromatic nitrogens is 2. The molecule has 0 aliphatic carbocycles. The number of aliphatic hydroxyl groups is 1. The van der Waals surface area contributed by atoms with Gasteiger partial charge < -0.3 is 14.0 Å². The number of β-amino-alcohol motifs (C(OH)–C–C–N with tert-alkyl or cyclic N) is 1. The van der Waals surface area contributed by atoms with E-state index in [1.807, 2.05) is 42.2 Å². The van der Waals surface area contributed by atoms with E-state index >= 15 is 0 Å². The summed E-state index contributed by atoms with van der Waals surface area (Å²) in [7, 11) is -3.59. The molecule has 166 valence electrons. The Morgan fingerprint density at radius 3 is 2.72 bits per heavy atom. The summed E-state index contributed by atoms with van der Waals surface area (Å²) in [4.78, 5) is 6.58. The van der Waals surface area contributed by atoms with Crippen LogP contribution >= 0.6 is 0 Å². The number of furan rings is 1. The molecular weight excluding hydrogens is 430 g/mol. The topological polar surface area (TPSA) is 110 Å². The zero-order chi connectivity index (χ0) is 22.3. The first-order valence-electron chi connectivity index (χ1n) is 10.4. The summed E-state index contributed by atoms with van der Waals surface area (Å²) in [5.41, 5.74) is 1.79. The standard InChI is InChI=1S/C23H23N3O5S/c1-15-6-8-19(9-7-15)32(28,29)14-22-24-23(31-25-22)20-11-17(27)12-26(20)13-18-10-16-4-2-3-5-21(16)30-18/h2-10,17,20,27H,11-14H2,1H3/t17-,20-/m1/s1. The lowest BCUT2D eigenvalue weighted by molar-refractivity contribution is 0.164. The lowest BCUT2D eigenvalue weighted by atomic mass is 10.2. The monoisotopic (exact) mass is 453 g/mol. The van der Waals surface area contributed by atoms with Crippen molar-refractivity contribution in [3.05, 3.63) is 77.6 Å². The number of para-hydroxylation sites is 1. The van der Waals surface area contributed by atoms with E-state index in [-0.39, 0.29) is 22.5 Å². The number of aliphatic hydroxyl groups excluding tert-OH is 1. The summed E-state index contributed by atoms with van der Waals surface area (Å²) >= 11 is 0. The van der Waals surface area contributed by atoms with E-state index in [0.29, 0.717) is 25.4 Å². The Labute approximate surface area is 185 Å². The fourth-order valence-corrected chi connectivity index (χ4v) is 5.26. The summed E-state index contributed by atoms with van der Waals surface area (Å²) < 4.78 is 36.7. The number of hydrogen-bond donors (Lipinski definition) is 1. The Balaban J connectivity index is 1.34. The van der Waals surface area contributed by atoms with Gasteiger partial charge in [-0.3, -0.25) is 4.90 Å². The van der Waals surface area contributed by atoms with Gasteiger partial charge in [0.1, 0.15) is 17.1 Å². The molecule has 1 fully saturated rings. The summed E-state index contributed by atoms with van der Waals surface area (Å²) in [6, 6.07) is 16.1. The first kappa shape index (κ1) is 20.9. The van der Waals surface area contributed by atoms with Gasteiger partial charge in [0.25, 0.3) is 0 Å². The second-order valence-electron chi connectivity index (χ2n) is 8.21. The Morgan fingerprint density at radius 2 is 1.94 bits per heavy atom. The highest BCUT2D eigenvalue weighted by molar-refractivity contribution is 7.90. The van der Waals surface area contributed by atoms with Crippen molar-refractivity contribution in [2.75, 3.05) is 6.54 Å². The summed E-state index contributed by atoms with van der Waals surface area (Å²) in [5, 5.41) is 15.2. The molecule has 2 aromatic carbocycles. The number of likely N-dealkylation sites (tertiary alicyclic amines) is 1. The van der Waals surface area contributed by atoms with Crippen LogP contribution in [0.3, 0.4) is 0 Å². The van der Waals surface area contributed by atoms with Crippen molar-refractivity contribution in [3.63, 3.8) is 0 Å². The van der Waals surface area contributed by atoms with Gasteiger partial charge in [-0.15, -0.1) is 0 Å². The first-order valence-corrected chi connectivity index (χ1v) is 12.0. The largest absolute Gasteiger partial charge is 0.460 e. The Kier molecular flexibility index (Phi) is 5.32. The maximum atomic E-state index is 12.7. The van der Waals surface area contributed by atoms with Gasteiger partial charge >= 0.3 is 0 Å². The number of sulfone groups is 1. The van der Waals surface area contributed by atoms with Gasteiger partial charge in [-0.25, -0.2) is 8.42 Å². The summed E-state index contributed by atoms with van der Waals surface area (Å²) in [6.45, 7) is 2.80. The van der Waals surface area contributed by atoms with Crippen LogP contribution in [0.1, 0.15) is 35.5 Å². The number of nitrogens with zero attached hydrogens (tertiary/aromatic N) is 3. The minimum Gasteiger partial charge on any atom is -0.460 e. The number of benzene rings is 2. The van der Waals surface area contributed by atoms with Gasteiger partial charge in [0, 0.05) is 11.9 Å². The van der Waals surface area contributed by atoms with Crippen molar-refractivity contribution < 1.29 is 22.5 Å². The third-order valence-corrected chi connectivity index (χ3v) is 7.31. The molecule has 2 aromatic heterocycles. The van der Waals surface area contributed by atoms with E-state index in [9.17, 15) is 13.5 Å². The van der Waals surface area contributed by atoms with E-state index < -0.39 is 15.9 Å². The summed E-state index contributed by atoms with van der Waals surface area (Å²) in [6.07, 6.45) is -0.122. The minimum absolute atomic E-state index is 0.102. The molecule has 3 heterocycles. The molecule has 32 heavy (non-hydrogen) atoms. The van der Waals surface area contributed by atoms with Crippen molar-refractivity contribution in [1.82, 2.24) is 15.0 Å². The molecule has 5 rings (SSSR count). The number of fused-ring (bicyclic) bond motifs is 1. The maximum Gasteiger partial charge on any atom is 0.244 e. The van der Waals surface area contributed by atoms with E-state index in [4.69, 9.17) is 8.94 Å². The zero-order valence-electron chi connectivity index (χ0n) is 17.5. The van der Waals surface area contributed by atoms with Gasteiger partial charge in [-0.1, -0.05) is 41.1 Å². The zero-order valence-corrected chi connectivity index (χ0v) is 18.3. The van der Waals surface area contributed by atoms with Gasteiger partial charge in [0.2, 0.25) is 5.89 Å². The molecule has 8 nitrogen and oxygen atoms in total. The third-order valence-electron chi connectivity index (χ3n) is 5.68. The molecule has 1 saturated heterocycles. The normalized spacial score (nSPS) is 19.7. The molecule has 0 spiro atoms. The van der Waals surface area contributed by atoms with Crippen LogP contribution in [-0.2, 0) is 22.1 Å². The number of aryl methyl sites for hydroxylation is 1. The molecule has 0 unspecified atom stereocenters. The van der Waals surface area contributed by atoms with Crippen LogP contribution in [0.4, 0.5) is 0 Å². The number of hydrogen-bond acceptors (Lipinski definition) is 8. The lowest BCUT2D eigenvalue weighted by Gasteiger charge is -2.19. The first-order chi connectivity index (χ1) is 15.4. The molecule has 9 heteroatoms. The minimum atomic E-state index is -3.59. The molecule has 0 saturated carbocycles. The van der Waals surface area contributed by atoms with Crippen molar-refractivity contribution in [3.8, 4) is 0 Å². The average molecular weight is 454 g/mol. The van der Waals surface area contributed by atoms with Crippen molar-refractivity contribution in [2.24, 2.45) is 0 Å². The SMILES string of the molecule is Cc1ccc(S(=O)(=O)Cc2noc([C@H]3C[C@@H](O)CN3Cc3cc4ccccc4o3)n2)cc1. The molecule has 0 radical (unpaired) electrons. The van der Waals surface area contributed by atoms with E-state index in [1.54, 1.807) is 24.3 Å². The lowest BCUT2D eigenvalue weighted by Crippen LogP contribution is -2.24. The van der Waals surface area contributed by atoms with Crippen LogP contribution in [0.25, 0.3) is 11.0 Å². The van der Waals surface area contributed by atoms with Gasteiger partial charge in [0.15, 0.2) is 15.7 Å². The second-order valence-corrected chi connectivity index (χ2v) is 10.2. The van der Waals surface area contributed by atoms with Crippen LogP contribution < -0.4 is 0 Å². The molecule has 4 aromatic rings. The van der Waals surface area contributed by atoms with Crippen molar-refractivity contribution in [2.45, 2.75) is 42.7 Å². The highest BCUT2D eigenvalue weighted by atomic mass is 32.2. The fraction of sp³-hybridized carbons (Fsp3) is 0.304. The van der Waals surface area contributed by atoms with Gasteiger partial charge in [-0.2, -0.15) is 4.98 Å². The molecule has 0 amide bonds. The Hall–Kier alpha value is -3.01. The van der Waals surface area contributed by atoms with Gasteiger partial charge in [0.05, 0.1) is 23.6 Å². The smallest absolute Gasteiger partial charge is 0.244 e. The van der Waals surface area contributed by atoms with Crippen LogP contribution in [0, 0.1) is 6.92 Å². The quantitative estimate of drug-likeness (QED) is 0.473. The van der Waals surface area contributed by atoms with Crippen LogP contribution in [0.5, 0.6) is 0 Å². The Bertz CT molecular complexity index is 1310. The predicted octanol–water partition coefficient (Wildman–Crippen LogP) is 3.41. The van der Waals surface area contributed by atoms with Gasteiger partial charge in [-0.05, 0) is 37.6 Å². The predicted molar refractivity (Wildman–Crippen MR) is 116 cm³/mol. The second kappa shape index (κ2) is 8.16. The van der Waals surface area contributed by atoms with E-state index in [0.717, 1.165) is 22.3 Å². The van der Waals surface area contributed by atoms with E-state index in [2.05, 4.69) is 10.1 Å². The summed E-state index contributed by atoms with van der Waals surface area (Å²) in [5.74, 6) is 0.822. The Morgan fingerprint density at radius 1 is 1.16 bits per heavy atom. The molecule has 1 N–H and O–H groups in total. The molecule has 1 aliphatic rings.